The van der Waals surface area contributed by atoms with E-state index in [2.05, 4.69) is 19.1 Å². The van der Waals surface area contributed by atoms with E-state index in [4.69, 9.17) is 0 Å². The molecule has 0 aromatic carbocycles. The van der Waals surface area contributed by atoms with Crippen molar-refractivity contribution in [2.75, 3.05) is 0 Å². The second kappa shape index (κ2) is 5.36. The van der Waals surface area contributed by atoms with Gasteiger partial charge in [-0.15, -0.1) is 0 Å². The van der Waals surface area contributed by atoms with Crippen molar-refractivity contribution in [2.45, 2.75) is 51.6 Å². The highest BCUT2D eigenvalue weighted by Crippen LogP contribution is 2.25. The predicted molar refractivity (Wildman–Crippen MR) is 52.0 cm³/mol. The van der Waals surface area contributed by atoms with Crippen molar-refractivity contribution in [3.63, 3.8) is 0 Å². The van der Waals surface area contributed by atoms with Gasteiger partial charge in [-0.1, -0.05) is 38.3 Å². The second-order valence-electron chi connectivity index (χ2n) is 3.73. The molecule has 70 valence electrons. The molecule has 1 rings (SSSR count). The molecule has 2 unspecified atom stereocenters. The van der Waals surface area contributed by atoms with E-state index in [-0.39, 0.29) is 6.10 Å². The lowest BCUT2D eigenvalue weighted by atomic mass is 9.86. The molecule has 1 aliphatic rings. The average molecular weight is 168 g/mol. The van der Waals surface area contributed by atoms with Crippen LogP contribution in [0.1, 0.15) is 45.4 Å². The van der Waals surface area contributed by atoms with Crippen LogP contribution in [0.25, 0.3) is 0 Å². The zero-order valence-electron chi connectivity index (χ0n) is 8.00. The van der Waals surface area contributed by atoms with Gasteiger partial charge in [0.15, 0.2) is 0 Å². The minimum Gasteiger partial charge on any atom is -0.393 e. The SMILES string of the molecule is CCCC=CC1CCCCC1O. The second-order valence-corrected chi connectivity index (χ2v) is 3.73. The van der Waals surface area contributed by atoms with Crippen molar-refractivity contribution in [3.8, 4) is 0 Å². The minimum atomic E-state index is -0.0631. The standard InChI is InChI=1S/C11H20O/c1-2-3-4-7-10-8-5-6-9-11(10)12/h4,7,10-12H,2-3,5-6,8-9H2,1H3. The number of unbranched alkanes of at least 4 members (excludes halogenated alkanes) is 1. The van der Waals surface area contributed by atoms with E-state index in [0.717, 1.165) is 12.8 Å². The zero-order valence-corrected chi connectivity index (χ0v) is 8.00. The molecule has 1 saturated carbocycles. The minimum absolute atomic E-state index is 0.0631. The Bertz CT molecular complexity index is 140. The molecule has 0 spiro atoms. The van der Waals surface area contributed by atoms with Crippen molar-refractivity contribution in [3.05, 3.63) is 12.2 Å². The van der Waals surface area contributed by atoms with Crippen LogP contribution in [-0.4, -0.2) is 11.2 Å². The van der Waals surface area contributed by atoms with Crippen LogP contribution in [0.15, 0.2) is 12.2 Å². The van der Waals surface area contributed by atoms with Gasteiger partial charge in [0.25, 0.3) is 0 Å². The van der Waals surface area contributed by atoms with Gasteiger partial charge < -0.3 is 5.11 Å². The smallest absolute Gasteiger partial charge is 0.0602 e. The Hall–Kier alpha value is -0.300. The van der Waals surface area contributed by atoms with Crippen molar-refractivity contribution in [1.82, 2.24) is 0 Å². The van der Waals surface area contributed by atoms with Crippen molar-refractivity contribution in [2.24, 2.45) is 5.92 Å². The van der Waals surface area contributed by atoms with E-state index in [9.17, 15) is 5.11 Å². The first kappa shape index (κ1) is 9.79. The third-order valence-electron chi connectivity index (χ3n) is 2.62. The van der Waals surface area contributed by atoms with Crippen LogP contribution in [0.5, 0.6) is 0 Å². The Morgan fingerprint density at radius 1 is 1.33 bits per heavy atom. The monoisotopic (exact) mass is 168 g/mol. The van der Waals surface area contributed by atoms with Gasteiger partial charge in [0.1, 0.15) is 0 Å². The summed E-state index contributed by atoms with van der Waals surface area (Å²) in [7, 11) is 0. The Balaban J connectivity index is 2.28. The Kier molecular flexibility index (Phi) is 4.37. The quantitative estimate of drug-likeness (QED) is 0.642. The number of hydrogen-bond donors (Lipinski definition) is 1. The topological polar surface area (TPSA) is 20.2 Å². The van der Waals surface area contributed by atoms with Crippen LogP contribution in [0.3, 0.4) is 0 Å². The highest BCUT2D eigenvalue weighted by Gasteiger charge is 2.19. The van der Waals surface area contributed by atoms with Gasteiger partial charge in [0, 0.05) is 5.92 Å². The molecular formula is C11H20O. The summed E-state index contributed by atoms with van der Waals surface area (Å²) in [5.74, 6) is 0.449. The third-order valence-corrected chi connectivity index (χ3v) is 2.62. The molecule has 0 aromatic rings. The average Bonchev–Trinajstić information content (AvgIpc) is 2.09. The van der Waals surface area contributed by atoms with Crippen LogP contribution in [0.4, 0.5) is 0 Å². The predicted octanol–water partition coefficient (Wildman–Crippen LogP) is 2.89. The molecule has 0 aromatic heterocycles. The van der Waals surface area contributed by atoms with Gasteiger partial charge in [0.2, 0.25) is 0 Å². The first-order valence-corrected chi connectivity index (χ1v) is 5.19. The molecule has 1 nitrogen and oxygen atoms in total. The fraction of sp³-hybridized carbons (Fsp3) is 0.818. The lowest BCUT2D eigenvalue weighted by molar-refractivity contribution is 0.0926. The summed E-state index contributed by atoms with van der Waals surface area (Å²) in [6.07, 6.45) is 11.4. The van der Waals surface area contributed by atoms with Crippen molar-refractivity contribution < 1.29 is 5.11 Å². The molecule has 0 bridgehead atoms. The third kappa shape index (κ3) is 2.98. The lowest BCUT2D eigenvalue weighted by Crippen LogP contribution is -2.22. The number of allylic oxidation sites excluding steroid dienone is 1. The van der Waals surface area contributed by atoms with E-state index < -0.39 is 0 Å². The van der Waals surface area contributed by atoms with Gasteiger partial charge in [-0.25, -0.2) is 0 Å². The number of aliphatic hydroxyl groups excluding tert-OH is 1. The summed E-state index contributed by atoms with van der Waals surface area (Å²) in [5.41, 5.74) is 0. The maximum atomic E-state index is 9.62. The molecule has 1 aliphatic carbocycles. The highest BCUT2D eigenvalue weighted by molar-refractivity contribution is 4.93. The normalized spacial score (nSPS) is 31.2. The molecule has 0 radical (unpaired) electrons. The molecule has 0 saturated heterocycles. The molecule has 1 fully saturated rings. The maximum Gasteiger partial charge on any atom is 0.0602 e. The maximum absolute atomic E-state index is 9.62. The molecule has 0 amide bonds. The first-order chi connectivity index (χ1) is 5.84. The summed E-state index contributed by atoms with van der Waals surface area (Å²) in [5, 5.41) is 9.62. The van der Waals surface area contributed by atoms with Crippen molar-refractivity contribution in [1.29, 1.82) is 0 Å². The highest BCUT2D eigenvalue weighted by atomic mass is 16.3. The summed E-state index contributed by atoms with van der Waals surface area (Å²) in [4.78, 5) is 0. The summed E-state index contributed by atoms with van der Waals surface area (Å²) in [6.45, 7) is 2.18. The Labute approximate surface area is 75.5 Å². The molecule has 0 heterocycles. The summed E-state index contributed by atoms with van der Waals surface area (Å²) in [6, 6.07) is 0. The summed E-state index contributed by atoms with van der Waals surface area (Å²) < 4.78 is 0. The van der Waals surface area contributed by atoms with Gasteiger partial charge in [-0.05, 0) is 19.3 Å². The van der Waals surface area contributed by atoms with E-state index in [1.807, 2.05) is 0 Å². The van der Waals surface area contributed by atoms with Crippen LogP contribution in [0.2, 0.25) is 0 Å². The van der Waals surface area contributed by atoms with Crippen LogP contribution in [-0.2, 0) is 0 Å². The molecule has 0 aliphatic heterocycles. The Morgan fingerprint density at radius 2 is 2.08 bits per heavy atom. The zero-order chi connectivity index (χ0) is 8.81. The Morgan fingerprint density at radius 3 is 2.75 bits per heavy atom. The van der Waals surface area contributed by atoms with Crippen LogP contribution in [0, 0.1) is 5.92 Å². The van der Waals surface area contributed by atoms with E-state index in [1.165, 1.54) is 25.7 Å². The van der Waals surface area contributed by atoms with Gasteiger partial charge in [0.05, 0.1) is 6.10 Å². The van der Waals surface area contributed by atoms with Gasteiger partial charge in [-0.2, -0.15) is 0 Å². The summed E-state index contributed by atoms with van der Waals surface area (Å²) >= 11 is 0. The van der Waals surface area contributed by atoms with E-state index in [0.29, 0.717) is 5.92 Å². The first-order valence-electron chi connectivity index (χ1n) is 5.19. The van der Waals surface area contributed by atoms with E-state index >= 15 is 0 Å². The fourth-order valence-corrected chi connectivity index (χ4v) is 1.80. The fourth-order valence-electron chi connectivity index (χ4n) is 1.80. The van der Waals surface area contributed by atoms with Gasteiger partial charge >= 0.3 is 0 Å². The largest absolute Gasteiger partial charge is 0.393 e. The number of aliphatic hydroxyl groups is 1. The molecule has 12 heavy (non-hydrogen) atoms. The molecular weight excluding hydrogens is 148 g/mol. The van der Waals surface area contributed by atoms with Crippen molar-refractivity contribution >= 4 is 0 Å². The number of rotatable bonds is 3. The van der Waals surface area contributed by atoms with Crippen LogP contribution < -0.4 is 0 Å². The van der Waals surface area contributed by atoms with E-state index in [1.54, 1.807) is 0 Å². The lowest BCUT2D eigenvalue weighted by Gasteiger charge is -2.24. The number of hydrogen-bond acceptors (Lipinski definition) is 1. The molecule has 1 heteroatoms. The molecule has 2 atom stereocenters. The van der Waals surface area contributed by atoms with Gasteiger partial charge in [-0.3, -0.25) is 0 Å². The van der Waals surface area contributed by atoms with Crippen LogP contribution >= 0.6 is 0 Å². The molecule has 1 N–H and O–H groups in total.